The summed E-state index contributed by atoms with van der Waals surface area (Å²) in [5.41, 5.74) is -0.296. The van der Waals surface area contributed by atoms with E-state index >= 15 is 0 Å². The van der Waals surface area contributed by atoms with Crippen molar-refractivity contribution in [2.24, 2.45) is 0 Å². The molecule has 44 heavy (non-hydrogen) atoms. The molecular weight excluding hydrogens is 584 g/mol. The van der Waals surface area contributed by atoms with Crippen LogP contribution in [0.3, 0.4) is 0 Å². The molecule has 0 aliphatic rings. The Kier molecular flexibility index (Phi) is 10.9. The van der Waals surface area contributed by atoms with Crippen LogP contribution in [-0.4, -0.2) is 72.3 Å². The Balaban J connectivity index is 1.95. The van der Waals surface area contributed by atoms with E-state index in [1.807, 2.05) is 0 Å². The van der Waals surface area contributed by atoms with Gasteiger partial charge in [-0.2, -0.15) is 0 Å². The van der Waals surface area contributed by atoms with Crippen molar-refractivity contribution in [2.75, 3.05) is 19.5 Å². The van der Waals surface area contributed by atoms with E-state index in [-0.39, 0.29) is 39.8 Å². The van der Waals surface area contributed by atoms with Gasteiger partial charge in [0.15, 0.2) is 23.0 Å². The molecule has 230 valence electrons. The largest absolute Gasteiger partial charge is 0.493 e. The molecule has 0 bridgehead atoms. The highest BCUT2D eigenvalue weighted by atomic mass is 16.6. The van der Waals surface area contributed by atoms with Crippen LogP contribution in [0.5, 0.6) is 23.0 Å². The van der Waals surface area contributed by atoms with Crippen LogP contribution in [0.15, 0.2) is 60.9 Å². The molecule has 15 heteroatoms. The van der Waals surface area contributed by atoms with Crippen molar-refractivity contribution >= 4 is 41.4 Å². The van der Waals surface area contributed by atoms with Crippen LogP contribution in [0.25, 0.3) is 0 Å². The number of esters is 4. The average Bonchev–Trinajstić information content (AvgIpc) is 2.98. The minimum atomic E-state index is -2.35. The summed E-state index contributed by atoms with van der Waals surface area (Å²) >= 11 is 0. The van der Waals surface area contributed by atoms with Gasteiger partial charge in [0.05, 0.1) is 25.3 Å². The Labute approximate surface area is 249 Å². The van der Waals surface area contributed by atoms with Gasteiger partial charge in [-0.3, -0.25) is 19.4 Å². The summed E-state index contributed by atoms with van der Waals surface area (Å²) in [7, 11) is 2.49. The summed E-state index contributed by atoms with van der Waals surface area (Å²) < 4.78 is 30.7. The quantitative estimate of drug-likeness (QED) is 0.223. The number of aliphatic carboxylic acids is 1. The maximum absolute atomic E-state index is 13.3. The molecule has 1 aromatic heterocycles. The number of benzene rings is 2. The molecule has 2 atom stereocenters. The molecule has 1 amide bonds. The van der Waals surface area contributed by atoms with Gasteiger partial charge in [-0.05, 0) is 48.5 Å². The van der Waals surface area contributed by atoms with Crippen molar-refractivity contribution in [3.05, 3.63) is 72.1 Å². The highest BCUT2D eigenvalue weighted by molar-refractivity contribution is 6.01. The van der Waals surface area contributed by atoms with Crippen LogP contribution in [0, 0.1) is 0 Å². The van der Waals surface area contributed by atoms with Crippen LogP contribution in [0.4, 0.5) is 5.69 Å². The van der Waals surface area contributed by atoms with Gasteiger partial charge in [-0.25, -0.2) is 14.4 Å². The molecule has 0 aliphatic carbocycles. The molecule has 0 saturated heterocycles. The molecule has 0 unspecified atom stereocenters. The van der Waals surface area contributed by atoms with E-state index in [0.29, 0.717) is 0 Å². The van der Waals surface area contributed by atoms with E-state index in [0.717, 1.165) is 32.0 Å². The molecule has 0 fully saturated rings. The third-order valence-corrected chi connectivity index (χ3v) is 5.50. The Bertz CT molecular complexity index is 1570. The Morgan fingerprint density at radius 2 is 1.14 bits per heavy atom. The summed E-state index contributed by atoms with van der Waals surface area (Å²) in [5, 5.41) is 12.4. The van der Waals surface area contributed by atoms with Crippen LogP contribution in [-0.2, 0) is 28.7 Å². The van der Waals surface area contributed by atoms with Crippen molar-refractivity contribution in [1.29, 1.82) is 0 Å². The monoisotopic (exact) mass is 610 g/mol. The molecule has 3 aromatic rings. The molecule has 3 rings (SSSR count). The van der Waals surface area contributed by atoms with Gasteiger partial charge < -0.3 is 38.8 Å². The van der Waals surface area contributed by atoms with Crippen molar-refractivity contribution in [3.8, 4) is 23.0 Å². The highest BCUT2D eigenvalue weighted by Crippen LogP contribution is 2.30. The first-order chi connectivity index (χ1) is 20.9. The zero-order valence-corrected chi connectivity index (χ0v) is 23.7. The van der Waals surface area contributed by atoms with E-state index in [2.05, 4.69) is 10.3 Å². The number of anilines is 1. The van der Waals surface area contributed by atoms with Gasteiger partial charge in [-0.15, -0.1) is 0 Å². The number of nitrogens with zero attached hydrogens (tertiary/aromatic N) is 1. The third-order valence-electron chi connectivity index (χ3n) is 5.50. The van der Waals surface area contributed by atoms with Crippen LogP contribution in [0.2, 0.25) is 0 Å². The van der Waals surface area contributed by atoms with E-state index < -0.39 is 48.0 Å². The smallest absolute Gasteiger partial charge is 0.349 e. The Morgan fingerprint density at radius 3 is 1.55 bits per heavy atom. The number of nitrogens with one attached hydrogen (secondary N) is 1. The lowest BCUT2D eigenvalue weighted by molar-refractivity contribution is -0.157. The Hall–Kier alpha value is -5.99. The number of carbonyl (C=O) groups excluding carboxylic acids is 5. The van der Waals surface area contributed by atoms with Gasteiger partial charge in [0.2, 0.25) is 12.2 Å². The zero-order chi connectivity index (χ0) is 32.4. The van der Waals surface area contributed by atoms with Gasteiger partial charge in [0, 0.05) is 31.9 Å². The van der Waals surface area contributed by atoms with Crippen molar-refractivity contribution < 1.29 is 62.3 Å². The number of carbonyl (C=O) groups is 6. The molecule has 0 saturated carbocycles. The van der Waals surface area contributed by atoms with E-state index in [1.54, 1.807) is 0 Å². The van der Waals surface area contributed by atoms with Crippen molar-refractivity contribution in [1.82, 2.24) is 4.98 Å². The van der Waals surface area contributed by atoms with E-state index in [9.17, 15) is 33.9 Å². The standard InChI is InChI=1S/C29H26N2O13/c1-15(32)41-20-7-5-17(13-22(20)39-3)28(37)43-24(26(34)31-19-9-11-30-12-10-19)25(27(35)36)44-29(38)18-6-8-21(42-16(2)33)23(14-18)40-4/h5-14,24-25H,1-4H3,(H,35,36)(H,30,31,34)/t24-,25-/m1/s1. The summed E-state index contributed by atoms with van der Waals surface area (Å²) in [6, 6.07) is 9.81. The zero-order valence-electron chi connectivity index (χ0n) is 23.7. The van der Waals surface area contributed by atoms with Crippen LogP contribution < -0.4 is 24.3 Å². The molecule has 1 heterocycles. The molecule has 2 N–H and O–H groups in total. The first-order valence-corrected chi connectivity index (χ1v) is 12.5. The number of rotatable bonds is 12. The lowest BCUT2D eigenvalue weighted by Crippen LogP contribution is -2.48. The normalized spacial score (nSPS) is 11.6. The summed E-state index contributed by atoms with van der Waals surface area (Å²) in [6.07, 6.45) is -1.89. The average molecular weight is 611 g/mol. The number of hydrogen-bond donors (Lipinski definition) is 2. The first kappa shape index (κ1) is 32.5. The summed E-state index contributed by atoms with van der Waals surface area (Å²) in [5.74, 6) is -6.88. The number of carboxylic acids is 1. The van der Waals surface area contributed by atoms with Gasteiger partial charge in [0.25, 0.3) is 5.91 Å². The molecule has 2 aromatic carbocycles. The molecule has 0 spiro atoms. The molecule has 0 radical (unpaired) electrons. The third kappa shape index (κ3) is 8.51. The fourth-order valence-electron chi connectivity index (χ4n) is 3.58. The minimum absolute atomic E-state index is 0.0176. The number of pyridine rings is 1. The van der Waals surface area contributed by atoms with Crippen molar-refractivity contribution in [2.45, 2.75) is 26.1 Å². The van der Waals surface area contributed by atoms with Gasteiger partial charge in [-0.1, -0.05) is 0 Å². The van der Waals surface area contributed by atoms with Crippen LogP contribution >= 0.6 is 0 Å². The summed E-state index contributed by atoms with van der Waals surface area (Å²) in [6.45, 7) is 2.31. The Morgan fingerprint density at radius 1 is 0.682 bits per heavy atom. The van der Waals surface area contributed by atoms with Crippen LogP contribution in [0.1, 0.15) is 34.6 Å². The summed E-state index contributed by atoms with van der Waals surface area (Å²) in [4.78, 5) is 78.3. The predicted molar refractivity (Wildman–Crippen MR) is 148 cm³/mol. The maximum Gasteiger partial charge on any atom is 0.349 e. The number of hydrogen-bond acceptors (Lipinski definition) is 13. The second kappa shape index (κ2) is 14.8. The molecule has 15 nitrogen and oxygen atoms in total. The van der Waals surface area contributed by atoms with E-state index in [1.165, 1.54) is 56.9 Å². The number of carboxylic acid groups (broad SMARTS) is 1. The SMILES string of the molecule is COc1cc(C(=O)O[C@@H](C(=O)O)[C@@H](OC(=O)c2ccc(OC(C)=O)c(OC)c2)C(=O)Nc2ccncc2)ccc1OC(C)=O. The lowest BCUT2D eigenvalue weighted by atomic mass is 10.1. The number of aromatic nitrogens is 1. The maximum atomic E-state index is 13.3. The number of amides is 1. The number of ether oxygens (including phenoxy) is 6. The van der Waals surface area contributed by atoms with E-state index in [4.69, 9.17) is 28.4 Å². The molecule has 0 aliphatic heterocycles. The number of methoxy groups -OCH3 is 2. The van der Waals surface area contributed by atoms with Crippen molar-refractivity contribution in [3.63, 3.8) is 0 Å². The van der Waals surface area contributed by atoms with Gasteiger partial charge in [0.1, 0.15) is 0 Å². The first-order valence-electron chi connectivity index (χ1n) is 12.5. The fraction of sp³-hybridized carbons (Fsp3) is 0.207. The molecular formula is C29H26N2O13. The second-order valence-corrected chi connectivity index (χ2v) is 8.63. The fourth-order valence-corrected chi connectivity index (χ4v) is 3.58. The lowest BCUT2D eigenvalue weighted by Gasteiger charge is -2.24. The predicted octanol–water partition coefficient (Wildman–Crippen LogP) is 2.42. The minimum Gasteiger partial charge on any atom is -0.493 e. The highest BCUT2D eigenvalue weighted by Gasteiger charge is 2.41. The second-order valence-electron chi connectivity index (χ2n) is 8.63. The topological polar surface area (TPSA) is 203 Å². The van der Waals surface area contributed by atoms with Gasteiger partial charge >= 0.3 is 29.8 Å².